The van der Waals surface area contributed by atoms with Crippen molar-refractivity contribution in [3.05, 3.63) is 28.2 Å². The van der Waals surface area contributed by atoms with Gasteiger partial charge in [-0.15, -0.1) is 0 Å². The molecule has 1 aromatic rings. The number of carboxylic acid groups (broad SMARTS) is 1. The summed E-state index contributed by atoms with van der Waals surface area (Å²) in [6.07, 6.45) is 1.79. The summed E-state index contributed by atoms with van der Waals surface area (Å²) in [6, 6.07) is 4.99. The highest BCUT2D eigenvalue weighted by Crippen LogP contribution is 2.32. The second-order valence-electron chi connectivity index (χ2n) is 4.78. The van der Waals surface area contributed by atoms with Gasteiger partial charge in [-0.25, -0.2) is 9.59 Å². The van der Waals surface area contributed by atoms with Gasteiger partial charge in [0.05, 0.1) is 0 Å². The normalized spacial score (nSPS) is 16.3. The summed E-state index contributed by atoms with van der Waals surface area (Å²) < 4.78 is 0.928. The summed E-state index contributed by atoms with van der Waals surface area (Å²) in [5.41, 5.74) is 0.482. The van der Waals surface area contributed by atoms with Crippen LogP contribution in [0.1, 0.15) is 24.8 Å². The van der Waals surface area contributed by atoms with E-state index in [1.54, 1.807) is 6.07 Å². The molecule has 2 amide bonds. The van der Waals surface area contributed by atoms with Crippen molar-refractivity contribution in [1.29, 1.82) is 0 Å². The van der Waals surface area contributed by atoms with Crippen LogP contribution >= 0.6 is 15.9 Å². The van der Waals surface area contributed by atoms with Gasteiger partial charge in [0.25, 0.3) is 0 Å². The highest BCUT2D eigenvalue weighted by Gasteiger charge is 2.45. The molecule has 1 aliphatic carbocycles. The number of rotatable bonds is 3. The number of carbonyl (C=O) groups excluding carboxylic acids is 1. The molecule has 2 rings (SSSR count). The SMILES string of the molecule is Cc1cc(Br)ccc1NC(=O)NC1(C(=O)O)CCC1. The van der Waals surface area contributed by atoms with Crippen LogP contribution in [-0.2, 0) is 4.79 Å². The fraction of sp³-hybridized carbons (Fsp3) is 0.385. The predicted molar refractivity (Wildman–Crippen MR) is 75.3 cm³/mol. The molecule has 0 aliphatic heterocycles. The molecule has 0 unspecified atom stereocenters. The van der Waals surface area contributed by atoms with E-state index in [0.29, 0.717) is 18.5 Å². The van der Waals surface area contributed by atoms with Crippen molar-refractivity contribution in [1.82, 2.24) is 5.32 Å². The number of hydrogen-bond acceptors (Lipinski definition) is 2. The minimum atomic E-state index is -1.09. The quantitative estimate of drug-likeness (QED) is 0.799. The summed E-state index contributed by atoms with van der Waals surface area (Å²) in [5.74, 6) is -0.971. The van der Waals surface area contributed by atoms with Gasteiger partial charge in [0.1, 0.15) is 5.54 Å². The maximum absolute atomic E-state index is 11.9. The maximum Gasteiger partial charge on any atom is 0.329 e. The van der Waals surface area contributed by atoms with Crippen molar-refractivity contribution in [2.75, 3.05) is 5.32 Å². The Kier molecular flexibility index (Phi) is 3.80. The first-order valence-corrected chi connectivity index (χ1v) is 6.81. The molecule has 0 atom stereocenters. The Bertz CT molecular complexity index is 527. The molecule has 0 radical (unpaired) electrons. The maximum atomic E-state index is 11.9. The standard InChI is InChI=1S/C13H15BrN2O3/c1-8-7-9(14)3-4-10(8)15-12(19)16-13(11(17)18)5-2-6-13/h3-4,7H,2,5-6H2,1H3,(H,17,18)(H2,15,16,19). The third-order valence-electron chi connectivity index (χ3n) is 3.41. The van der Waals surface area contributed by atoms with E-state index in [0.717, 1.165) is 16.5 Å². The Labute approximate surface area is 119 Å². The lowest BCUT2D eigenvalue weighted by molar-refractivity contribution is -0.148. The summed E-state index contributed by atoms with van der Waals surface area (Å²) in [5, 5.41) is 14.4. The summed E-state index contributed by atoms with van der Waals surface area (Å²) in [6.45, 7) is 1.87. The third kappa shape index (κ3) is 2.89. The number of nitrogens with one attached hydrogen (secondary N) is 2. The number of hydrogen-bond donors (Lipinski definition) is 3. The van der Waals surface area contributed by atoms with Crippen LogP contribution in [0, 0.1) is 6.92 Å². The van der Waals surface area contributed by atoms with Gasteiger partial charge in [-0.05, 0) is 49.9 Å². The highest BCUT2D eigenvalue weighted by molar-refractivity contribution is 9.10. The molecule has 1 fully saturated rings. The lowest BCUT2D eigenvalue weighted by atomic mass is 9.77. The number of halogens is 1. The van der Waals surface area contributed by atoms with Gasteiger partial charge >= 0.3 is 12.0 Å². The fourth-order valence-corrected chi connectivity index (χ4v) is 2.54. The van der Waals surface area contributed by atoms with E-state index in [9.17, 15) is 9.59 Å². The zero-order valence-corrected chi connectivity index (χ0v) is 12.1. The first-order chi connectivity index (χ1) is 8.93. The van der Waals surface area contributed by atoms with Crippen molar-refractivity contribution in [2.45, 2.75) is 31.7 Å². The van der Waals surface area contributed by atoms with Crippen LogP contribution in [0.2, 0.25) is 0 Å². The Morgan fingerprint density at radius 3 is 2.53 bits per heavy atom. The lowest BCUT2D eigenvalue weighted by Gasteiger charge is -2.38. The number of aliphatic carboxylic acids is 1. The van der Waals surface area contributed by atoms with Crippen LogP contribution in [0.3, 0.4) is 0 Å². The van der Waals surface area contributed by atoms with Gasteiger partial charge in [0.2, 0.25) is 0 Å². The van der Waals surface area contributed by atoms with Gasteiger partial charge in [0.15, 0.2) is 0 Å². The van der Waals surface area contributed by atoms with E-state index in [4.69, 9.17) is 5.11 Å². The number of anilines is 1. The molecule has 1 aromatic carbocycles. The average Bonchev–Trinajstić information content (AvgIpc) is 2.27. The molecular weight excluding hydrogens is 312 g/mol. The lowest BCUT2D eigenvalue weighted by Crippen LogP contribution is -2.60. The zero-order chi connectivity index (χ0) is 14.0. The monoisotopic (exact) mass is 326 g/mol. The Hall–Kier alpha value is -1.56. The molecule has 6 heteroatoms. The summed E-state index contributed by atoms with van der Waals surface area (Å²) in [4.78, 5) is 23.0. The molecule has 19 heavy (non-hydrogen) atoms. The number of urea groups is 1. The number of aryl methyl sites for hydroxylation is 1. The Morgan fingerprint density at radius 1 is 1.37 bits per heavy atom. The van der Waals surface area contributed by atoms with Crippen LogP contribution in [0.5, 0.6) is 0 Å². The summed E-state index contributed by atoms with van der Waals surface area (Å²) >= 11 is 3.34. The first kappa shape index (κ1) is 13.9. The molecule has 0 heterocycles. The minimum absolute atomic E-state index is 0.479. The van der Waals surface area contributed by atoms with Crippen LogP contribution in [0.25, 0.3) is 0 Å². The van der Waals surface area contributed by atoms with Gasteiger partial charge in [-0.1, -0.05) is 15.9 Å². The van der Waals surface area contributed by atoms with Gasteiger partial charge in [-0.3, -0.25) is 0 Å². The molecule has 1 aliphatic rings. The third-order valence-corrected chi connectivity index (χ3v) is 3.90. The van der Waals surface area contributed by atoms with Gasteiger partial charge < -0.3 is 15.7 Å². The minimum Gasteiger partial charge on any atom is -0.480 e. The smallest absolute Gasteiger partial charge is 0.329 e. The Balaban J connectivity index is 2.03. The van der Waals surface area contributed by atoms with Crippen molar-refractivity contribution in [3.8, 4) is 0 Å². The fourth-order valence-electron chi connectivity index (χ4n) is 2.06. The molecule has 0 saturated heterocycles. The molecule has 0 aromatic heterocycles. The van der Waals surface area contributed by atoms with Crippen LogP contribution in [-0.4, -0.2) is 22.6 Å². The molecule has 0 bridgehead atoms. The van der Waals surface area contributed by atoms with Crippen molar-refractivity contribution in [2.24, 2.45) is 0 Å². The molecule has 0 spiro atoms. The molecular formula is C13H15BrN2O3. The topological polar surface area (TPSA) is 78.4 Å². The van der Waals surface area contributed by atoms with Gasteiger partial charge in [0, 0.05) is 10.2 Å². The molecule has 102 valence electrons. The van der Waals surface area contributed by atoms with Gasteiger partial charge in [-0.2, -0.15) is 0 Å². The molecule has 3 N–H and O–H groups in total. The molecule has 5 nitrogen and oxygen atoms in total. The van der Waals surface area contributed by atoms with E-state index in [1.807, 2.05) is 19.1 Å². The number of amides is 2. The highest BCUT2D eigenvalue weighted by atomic mass is 79.9. The molecule has 1 saturated carbocycles. The van der Waals surface area contributed by atoms with Crippen LogP contribution in [0.15, 0.2) is 22.7 Å². The van der Waals surface area contributed by atoms with E-state index in [1.165, 1.54) is 0 Å². The van der Waals surface area contributed by atoms with E-state index in [-0.39, 0.29) is 0 Å². The number of benzene rings is 1. The van der Waals surface area contributed by atoms with Crippen LogP contribution < -0.4 is 10.6 Å². The van der Waals surface area contributed by atoms with E-state index < -0.39 is 17.5 Å². The van der Waals surface area contributed by atoms with Crippen molar-refractivity contribution in [3.63, 3.8) is 0 Å². The second-order valence-corrected chi connectivity index (χ2v) is 5.69. The largest absolute Gasteiger partial charge is 0.480 e. The van der Waals surface area contributed by atoms with E-state index in [2.05, 4.69) is 26.6 Å². The summed E-state index contributed by atoms with van der Waals surface area (Å²) in [7, 11) is 0. The van der Waals surface area contributed by atoms with E-state index >= 15 is 0 Å². The Morgan fingerprint density at radius 2 is 2.05 bits per heavy atom. The first-order valence-electron chi connectivity index (χ1n) is 6.02. The average molecular weight is 327 g/mol. The van der Waals surface area contributed by atoms with Crippen molar-refractivity contribution < 1.29 is 14.7 Å². The second kappa shape index (κ2) is 5.21. The van der Waals surface area contributed by atoms with Crippen molar-refractivity contribution >= 4 is 33.6 Å². The predicted octanol–water partition coefficient (Wildman–Crippen LogP) is 2.89. The number of carbonyl (C=O) groups is 2. The van der Waals surface area contributed by atoms with Crippen LogP contribution in [0.4, 0.5) is 10.5 Å². The number of carboxylic acids is 1. The zero-order valence-electron chi connectivity index (χ0n) is 10.5.